The SMILES string of the molecule is COc1ccc(Cn2c(-c3ccc4c(c3)OCCCO4)cc(C(N)=O)c2C)cc1. The van der Waals surface area contributed by atoms with Crippen LogP contribution in [0.5, 0.6) is 17.2 Å². The van der Waals surface area contributed by atoms with Crippen molar-refractivity contribution in [1.82, 2.24) is 4.57 Å². The summed E-state index contributed by atoms with van der Waals surface area (Å²) < 4.78 is 18.9. The van der Waals surface area contributed by atoms with Crippen molar-refractivity contribution < 1.29 is 19.0 Å². The highest BCUT2D eigenvalue weighted by Crippen LogP contribution is 2.36. The first-order chi connectivity index (χ1) is 14.1. The zero-order valence-electron chi connectivity index (χ0n) is 16.6. The molecule has 29 heavy (non-hydrogen) atoms. The summed E-state index contributed by atoms with van der Waals surface area (Å²) in [5.74, 6) is 1.83. The number of hydrogen-bond acceptors (Lipinski definition) is 4. The Morgan fingerprint density at radius 1 is 1.07 bits per heavy atom. The smallest absolute Gasteiger partial charge is 0.250 e. The lowest BCUT2D eigenvalue weighted by atomic mass is 10.1. The van der Waals surface area contributed by atoms with Crippen LogP contribution < -0.4 is 19.9 Å². The predicted octanol–water partition coefficient (Wildman–Crippen LogP) is 3.78. The molecular weight excluding hydrogens is 368 g/mol. The fourth-order valence-electron chi connectivity index (χ4n) is 3.57. The Labute approximate surface area is 169 Å². The molecule has 0 saturated heterocycles. The minimum atomic E-state index is -0.438. The number of amides is 1. The minimum absolute atomic E-state index is 0.438. The van der Waals surface area contributed by atoms with Gasteiger partial charge in [-0.1, -0.05) is 12.1 Å². The fraction of sp³-hybridized carbons (Fsp3) is 0.261. The molecule has 3 aromatic rings. The second kappa shape index (κ2) is 7.91. The van der Waals surface area contributed by atoms with E-state index in [0.29, 0.717) is 25.3 Å². The van der Waals surface area contributed by atoms with Crippen LogP contribution in [0.25, 0.3) is 11.3 Å². The molecule has 0 saturated carbocycles. The molecule has 1 aliphatic heterocycles. The lowest BCUT2D eigenvalue weighted by molar-refractivity contribution is 0.0999. The lowest BCUT2D eigenvalue weighted by Gasteiger charge is -2.14. The number of benzene rings is 2. The summed E-state index contributed by atoms with van der Waals surface area (Å²) in [4.78, 5) is 12.0. The molecule has 0 aliphatic carbocycles. The van der Waals surface area contributed by atoms with Gasteiger partial charge < -0.3 is 24.5 Å². The number of nitrogens with two attached hydrogens (primary N) is 1. The first-order valence-corrected chi connectivity index (χ1v) is 9.59. The Kier molecular flexibility index (Phi) is 5.16. The third kappa shape index (κ3) is 3.78. The molecule has 0 radical (unpaired) electrons. The minimum Gasteiger partial charge on any atom is -0.497 e. The molecular formula is C23H24N2O4. The van der Waals surface area contributed by atoms with Gasteiger partial charge in [0.05, 0.1) is 25.9 Å². The van der Waals surface area contributed by atoms with E-state index >= 15 is 0 Å². The van der Waals surface area contributed by atoms with Crippen molar-refractivity contribution in [3.05, 3.63) is 65.4 Å². The first-order valence-electron chi connectivity index (χ1n) is 9.59. The number of hydrogen-bond donors (Lipinski definition) is 1. The van der Waals surface area contributed by atoms with Gasteiger partial charge in [-0.25, -0.2) is 0 Å². The largest absolute Gasteiger partial charge is 0.497 e. The number of aromatic nitrogens is 1. The van der Waals surface area contributed by atoms with Gasteiger partial charge in [-0.05, 0) is 48.9 Å². The number of rotatable bonds is 5. The number of methoxy groups -OCH3 is 1. The van der Waals surface area contributed by atoms with Crippen LogP contribution in [-0.2, 0) is 6.54 Å². The maximum absolute atomic E-state index is 12.0. The second-order valence-corrected chi connectivity index (χ2v) is 7.04. The molecule has 1 aliphatic rings. The number of fused-ring (bicyclic) bond motifs is 1. The Morgan fingerprint density at radius 3 is 2.48 bits per heavy atom. The van der Waals surface area contributed by atoms with Gasteiger partial charge in [-0.15, -0.1) is 0 Å². The third-order valence-corrected chi connectivity index (χ3v) is 5.18. The zero-order valence-corrected chi connectivity index (χ0v) is 16.6. The quantitative estimate of drug-likeness (QED) is 0.717. The normalized spacial score (nSPS) is 13.0. The maximum atomic E-state index is 12.0. The van der Waals surface area contributed by atoms with Crippen LogP contribution in [0.15, 0.2) is 48.5 Å². The second-order valence-electron chi connectivity index (χ2n) is 7.04. The zero-order chi connectivity index (χ0) is 20.4. The van der Waals surface area contributed by atoms with E-state index in [-0.39, 0.29) is 0 Å². The summed E-state index contributed by atoms with van der Waals surface area (Å²) >= 11 is 0. The fourth-order valence-corrected chi connectivity index (χ4v) is 3.57. The van der Waals surface area contributed by atoms with Crippen molar-refractivity contribution in [2.45, 2.75) is 19.9 Å². The number of carbonyl (C=O) groups is 1. The van der Waals surface area contributed by atoms with Crippen LogP contribution in [0.4, 0.5) is 0 Å². The number of nitrogens with zero attached hydrogens (tertiary/aromatic N) is 1. The van der Waals surface area contributed by atoms with Gasteiger partial charge in [0.1, 0.15) is 5.75 Å². The van der Waals surface area contributed by atoms with Crippen molar-refractivity contribution in [2.24, 2.45) is 5.73 Å². The first kappa shape index (κ1) is 18.9. The molecule has 6 heteroatoms. The van der Waals surface area contributed by atoms with Gasteiger partial charge >= 0.3 is 0 Å². The molecule has 6 nitrogen and oxygen atoms in total. The van der Waals surface area contributed by atoms with Gasteiger partial charge in [0, 0.05) is 29.9 Å². The van der Waals surface area contributed by atoms with Gasteiger partial charge in [0.2, 0.25) is 0 Å². The van der Waals surface area contributed by atoms with Crippen LogP contribution in [0.3, 0.4) is 0 Å². The van der Waals surface area contributed by atoms with Gasteiger partial charge in [-0.2, -0.15) is 0 Å². The van der Waals surface area contributed by atoms with E-state index in [1.54, 1.807) is 7.11 Å². The molecule has 2 aromatic carbocycles. The van der Waals surface area contributed by atoms with Crippen LogP contribution in [0.2, 0.25) is 0 Å². The molecule has 4 rings (SSSR count). The van der Waals surface area contributed by atoms with E-state index in [4.69, 9.17) is 19.9 Å². The Bertz CT molecular complexity index is 1040. The van der Waals surface area contributed by atoms with Gasteiger partial charge in [0.15, 0.2) is 11.5 Å². The molecule has 0 atom stereocenters. The van der Waals surface area contributed by atoms with Gasteiger partial charge in [-0.3, -0.25) is 4.79 Å². The maximum Gasteiger partial charge on any atom is 0.250 e. The van der Waals surface area contributed by atoms with E-state index in [1.165, 1.54) is 0 Å². The van der Waals surface area contributed by atoms with Crippen LogP contribution >= 0.6 is 0 Å². The molecule has 0 bridgehead atoms. The number of ether oxygens (including phenoxy) is 3. The summed E-state index contributed by atoms with van der Waals surface area (Å²) in [7, 11) is 1.65. The number of carbonyl (C=O) groups excluding carboxylic acids is 1. The summed E-state index contributed by atoms with van der Waals surface area (Å²) in [6, 6.07) is 15.6. The highest BCUT2D eigenvalue weighted by molar-refractivity contribution is 5.95. The molecule has 2 N–H and O–H groups in total. The van der Waals surface area contributed by atoms with Crippen LogP contribution in [0.1, 0.15) is 28.0 Å². The topological polar surface area (TPSA) is 75.7 Å². The van der Waals surface area contributed by atoms with Crippen molar-refractivity contribution in [2.75, 3.05) is 20.3 Å². The van der Waals surface area contributed by atoms with Crippen molar-refractivity contribution >= 4 is 5.91 Å². The summed E-state index contributed by atoms with van der Waals surface area (Å²) in [6.45, 7) is 3.78. The van der Waals surface area contributed by atoms with Gasteiger partial charge in [0.25, 0.3) is 5.91 Å². The molecule has 2 heterocycles. The molecule has 0 unspecified atom stereocenters. The monoisotopic (exact) mass is 392 g/mol. The average molecular weight is 392 g/mol. The van der Waals surface area contributed by atoms with Crippen molar-refractivity contribution in [3.8, 4) is 28.5 Å². The molecule has 150 valence electrons. The van der Waals surface area contributed by atoms with E-state index in [0.717, 1.165) is 46.2 Å². The molecule has 1 amide bonds. The highest BCUT2D eigenvalue weighted by atomic mass is 16.5. The Balaban J connectivity index is 1.77. The lowest BCUT2D eigenvalue weighted by Crippen LogP contribution is -2.12. The van der Waals surface area contributed by atoms with E-state index < -0.39 is 5.91 Å². The molecule has 1 aromatic heterocycles. The summed E-state index contributed by atoms with van der Waals surface area (Å²) in [5.41, 5.74) is 9.91. The highest BCUT2D eigenvalue weighted by Gasteiger charge is 2.19. The summed E-state index contributed by atoms with van der Waals surface area (Å²) in [5, 5.41) is 0. The third-order valence-electron chi connectivity index (χ3n) is 5.18. The standard InChI is InChI=1S/C23H24N2O4/c1-15-19(23(24)26)13-20(25(15)14-16-4-7-18(27-2)8-5-16)17-6-9-21-22(12-17)29-11-3-10-28-21/h4-9,12-13H,3,10-11,14H2,1-2H3,(H2,24,26). The predicted molar refractivity (Wildman–Crippen MR) is 111 cm³/mol. The Morgan fingerprint density at radius 2 is 1.79 bits per heavy atom. The molecule has 0 fully saturated rings. The average Bonchev–Trinajstić information content (AvgIpc) is 2.90. The van der Waals surface area contributed by atoms with E-state index in [1.807, 2.05) is 55.5 Å². The van der Waals surface area contributed by atoms with Crippen molar-refractivity contribution in [1.29, 1.82) is 0 Å². The van der Waals surface area contributed by atoms with E-state index in [9.17, 15) is 4.79 Å². The summed E-state index contributed by atoms with van der Waals surface area (Å²) in [6.07, 6.45) is 0.850. The van der Waals surface area contributed by atoms with Crippen molar-refractivity contribution in [3.63, 3.8) is 0 Å². The molecule has 0 spiro atoms. The van der Waals surface area contributed by atoms with Crippen LogP contribution in [-0.4, -0.2) is 30.8 Å². The van der Waals surface area contributed by atoms with Crippen LogP contribution in [0, 0.1) is 6.92 Å². The Hall–Kier alpha value is -3.41. The van der Waals surface area contributed by atoms with E-state index in [2.05, 4.69) is 4.57 Å². The number of primary amides is 1.